The predicted octanol–water partition coefficient (Wildman–Crippen LogP) is 5.33. The number of carbonyl (C=O) groups is 1. The maximum Gasteiger partial charge on any atom is 0.265 e. The van der Waals surface area contributed by atoms with Crippen molar-refractivity contribution in [2.24, 2.45) is 0 Å². The van der Waals surface area contributed by atoms with E-state index in [4.69, 9.17) is 25.8 Å². The van der Waals surface area contributed by atoms with E-state index in [0.717, 1.165) is 21.6 Å². The lowest BCUT2D eigenvalue weighted by Crippen LogP contribution is -2.10. The van der Waals surface area contributed by atoms with E-state index >= 15 is 0 Å². The number of carbonyl (C=O) groups excluding carboxylic acids is 1. The van der Waals surface area contributed by atoms with E-state index in [0.29, 0.717) is 32.8 Å². The van der Waals surface area contributed by atoms with Crippen molar-refractivity contribution in [1.29, 1.82) is 0 Å². The summed E-state index contributed by atoms with van der Waals surface area (Å²) in [6, 6.07) is 12.7. The minimum atomic E-state index is -0.249. The molecule has 7 nitrogen and oxygen atoms in total. The van der Waals surface area contributed by atoms with Crippen molar-refractivity contribution < 1.29 is 19.0 Å². The second-order valence-electron chi connectivity index (χ2n) is 6.65. The number of fused-ring (bicyclic) bond motifs is 1. The van der Waals surface area contributed by atoms with Crippen molar-refractivity contribution in [1.82, 2.24) is 9.78 Å². The maximum absolute atomic E-state index is 13.0. The Kier molecular flexibility index (Phi) is 5.75. The number of amides is 1. The number of ether oxygens (including phenoxy) is 3. The van der Waals surface area contributed by atoms with E-state index in [-0.39, 0.29) is 5.91 Å². The summed E-state index contributed by atoms with van der Waals surface area (Å²) < 4.78 is 17.8. The molecule has 9 heteroatoms. The van der Waals surface area contributed by atoms with Crippen LogP contribution >= 0.6 is 22.9 Å². The highest BCUT2D eigenvalue weighted by atomic mass is 35.5. The number of para-hydroxylation sites is 1. The summed E-state index contributed by atoms with van der Waals surface area (Å²) in [5.41, 5.74) is 2.11. The fourth-order valence-corrected chi connectivity index (χ4v) is 4.58. The van der Waals surface area contributed by atoms with Crippen molar-refractivity contribution in [2.45, 2.75) is 6.92 Å². The standard InChI is InChI=1S/C22H20ClN3O4S/c1-12-14-11-19(31-22(14)26(25-12)16-8-6-5-7-15(16)23)21(27)24-13-9-17(28-2)20(30-4)18(10-13)29-3/h5-11H,1-4H3,(H,24,27). The summed E-state index contributed by atoms with van der Waals surface area (Å²) in [5.74, 6) is 1.12. The van der Waals surface area contributed by atoms with Gasteiger partial charge in [0.2, 0.25) is 5.75 Å². The Morgan fingerprint density at radius 1 is 1.06 bits per heavy atom. The highest BCUT2D eigenvalue weighted by molar-refractivity contribution is 7.20. The molecule has 0 aliphatic heterocycles. The molecule has 1 amide bonds. The third-order valence-electron chi connectivity index (χ3n) is 4.77. The number of halogens is 1. The first-order chi connectivity index (χ1) is 15.0. The van der Waals surface area contributed by atoms with Gasteiger partial charge < -0.3 is 19.5 Å². The van der Waals surface area contributed by atoms with Gasteiger partial charge in [-0.05, 0) is 25.1 Å². The van der Waals surface area contributed by atoms with Gasteiger partial charge in [-0.1, -0.05) is 23.7 Å². The number of benzene rings is 2. The molecule has 4 rings (SSSR count). The Labute approximate surface area is 188 Å². The number of aryl methyl sites for hydroxylation is 1. The molecule has 0 aliphatic rings. The van der Waals surface area contributed by atoms with Crippen LogP contribution in [0.3, 0.4) is 0 Å². The van der Waals surface area contributed by atoms with E-state index in [1.54, 1.807) is 16.8 Å². The highest BCUT2D eigenvalue weighted by Gasteiger charge is 2.20. The molecule has 2 aromatic heterocycles. The van der Waals surface area contributed by atoms with Crippen molar-refractivity contribution >= 4 is 44.7 Å². The Morgan fingerprint density at radius 3 is 2.35 bits per heavy atom. The van der Waals surface area contributed by atoms with E-state index in [1.165, 1.54) is 32.7 Å². The molecule has 0 saturated carbocycles. The number of thiophene rings is 1. The first kappa shape index (κ1) is 21.0. The lowest BCUT2D eigenvalue weighted by Gasteiger charge is -2.14. The molecule has 160 valence electrons. The molecule has 31 heavy (non-hydrogen) atoms. The fraction of sp³-hybridized carbons (Fsp3) is 0.182. The van der Waals surface area contributed by atoms with Gasteiger partial charge in [0.15, 0.2) is 11.5 Å². The summed E-state index contributed by atoms with van der Waals surface area (Å²) in [4.78, 5) is 14.4. The van der Waals surface area contributed by atoms with Gasteiger partial charge in [-0.15, -0.1) is 11.3 Å². The van der Waals surface area contributed by atoms with Crippen LogP contribution in [0.5, 0.6) is 17.2 Å². The van der Waals surface area contributed by atoms with Crippen LogP contribution in [0.1, 0.15) is 15.4 Å². The number of aromatic nitrogens is 2. The summed E-state index contributed by atoms with van der Waals surface area (Å²) in [7, 11) is 4.58. The maximum atomic E-state index is 13.0. The number of hydrogen-bond acceptors (Lipinski definition) is 6. The van der Waals surface area contributed by atoms with Gasteiger partial charge in [0.05, 0.1) is 42.6 Å². The zero-order valence-electron chi connectivity index (χ0n) is 17.4. The summed E-state index contributed by atoms with van der Waals surface area (Å²) in [6.07, 6.45) is 0. The molecule has 1 N–H and O–H groups in total. The van der Waals surface area contributed by atoms with Crippen molar-refractivity contribution in [2.75, 3.05) is 26.6 Å². The molecule has 2 heterocycles. The summed E-state index contributed by atoms with van der Waals surface area (Å²) in [5, 5.41) is 8.98. The Morgan fingerprint density at radius 2 is 1.74 bits per heavy atom. The first-order valence-corrected chi connectivity index (χ1v) is 10.5. The van der Waals surface area contributed by atoms with Crippen molar-refractivity contribution in [3.63, 3.8) is 0 Å². The summed E-state index contributed by atoms with van der Waals surface area (Å²) >= 11 is 7.70. The average molecular weight is 458 g/mol. The second kappa shape index (κ2) is 8.49. The van der Waals surface area contributed by atoms with Gasteiger partial charge in [-0.2, -0.15) is 5.10 Å². The number of rotatable bonds is 6. The molecule has 2 aromatic carbocycles. The van der Waals surface area contributed by atoms with Crippen LogP contribution in [-0.2, 0) is 0 Å². The van der Waals surface area contributed by atoms with Crippen LogP contribution < -0.4 is 19.5 Å². The summed E-state index contributed by atoms with van der Waals surface area (Å²) in [6.45, 7) is 1.91. The zero-order chi connectivity index (χ0) is 22.1. The molecule has 0 aliphatic carbocycles. The Balaban J connectivity index is 1.70. The minimum absolute atomic E-state index is 0.249. The van der Waals surface area contributed by atoms with E-state index in [2.05, 4.69) is 10.4 Å². The van der Waals surface area contributed by atoms with Crippen LogP contribution in [0.15, 0.2) is 42.5 Å². The lowest BCUT2D eigenvalue weighted by atomic mass is 10.2. The average Bonchev–Trinajstić information content (AvgIpc) is 3.34. The lowest BCUT2D eigenvalue weighted by molar-refractivity contribution is 0.103. The molecule has 0 radical (unpaired) electrons. The smallest absolute Gasteiger partial charge is 0.265 e. The quantitative estimate of drug-likeness (QED) is 0.423. The molecule has 0 atom stereocenters. The van der Waals surface area contributed by atoms with Crippen LogP contribution in [0.25, 0.3) is 15.9 Å². The van der Waals surface area contributed by atoms with E-state index in [9.17, 15) is 4.79 Å². The SMILES string of the molecule is COc1cc(NC(=O)c2cc3c(C)nn(-c4ccccc4Cl)c3s2)cc(OC)c1OC. The number of methoxy groups -OCH3 is 3. The molecule has 0 saturated heterocycles. The van der Waals surface area contributed by atoms with Gasteiger partial charge in [0.25, 0.3) is 5.91 Å². The molecule has 0 bridgehead atoms. The topological polar surface area (TPSA) is 74.6 Å². The van der Waals surface area contributed by atoms with Crippen LogP contribution in [-0.4, -0.2) is 37.0 Å². The Hall–Kier alpha value is -3.23. The molecular formula is C22H20ClN3O4S. The predicted molar refractivity (Wildman–Crippen MR) is 123 cm³/mol. The largest absolute Gasteiger partial charge is 0.493 e. The van der Waals surface area contributed by atoms with E-state index in [1.807, 2.05) is 37.3 Å². The van der Waals surface area contributed by atoms with Crippen molar-refractivity contribution in [3.8, 4) is 22.9 Å². The monoisotopic (exact) mass is 457 g/mol. The number of nitrogens with zero attached hydrogens (tertiary/aromatic N) is 2. The highest BCUT2D eigenvalue weighted by Crippen LogP contribution is 2.40. The minimum Gasteiger partial charge on any atom is -0.493 e. The Bertz CT molecular complexity index is 1260. The van der Waals surface area contributed by atoms with Crippen LogP contribution in [0.4, 0.5) is 5.69 Å². The van der Waals surface area contributed by atoms with Gasteiger partial charge in [-0.25, -0.2) is 4.68 Å². The molecule has 0 fully saturated rings. The normalized spacial score (nSPS) is 10.9. The van der Waals surface area contributed by atoms with Crippen LogP contribution in [0.2, 0.25) is 5.02 Å². The third kappa shape index (κ3) is 3.80. The van der Waals surface area contributed by atoms with Gasteiger partial charge >= 0.3 is 0 Å². The van der Waals surface area contributed by atoms with Gasteiger partial charge in [0, 0.05) is 23.2 Å². The van der Waals surface area contributed by atoms with Gasteiger partial charge in [-0.3, -0.25) is 4.79 Å². The second-order valence-corrected chi connectivity index (χ2v) is 8.08. The molecule has 4 aromatic rings. The fourth-order valence-electron chi connectivity index (χ4n) is 3.29. The first-order valence-electron chi connectivity index (χ1n) is 9.32. The van der Waals surface area contributed by atoms with Gasteiger partial charge in [0.1, 0.15) is 4.83 Å². The third-order valence-corrected chi connectivity index (χ3v) is 6.20. The number of anilines is 1. The molecule has 0 unspecified atom stereocenters. The van der Waals surface area contributed by atoms with Crippen LogP contribution in [0, 0.1) is 6.92 Å². The zero-order valence-corrected chi connectivity index (χ0v) is 18.9. The number of nitrogens with one attached hydrogen (secondary N) is 1. The molecule has 0 spiro atoms. The molecular weight excluding hydrogens is 438 g/mol. The van der Waals surface area contributed by atoms with Crippen molar-refractivity contribution in [3.05, 3.63) is 58.1 Å². The number of hydrogen-bond donors (Lipinski definition) is 1. The van der Waals surface area contributed by atoms with E-state index < -0.39 is 0 Å².